The first-order valence-corrected chi connectivity index (χ1v) is 8.14. The van der Waals surface area contributed by atoms with Crippen molar-refractivity contribution in [2.75, 3.05) is 31.5 Å². The number of amides is 3. The standard InChI is InChI=1S/C17H23N3O4/c1-3-19(4-2)15(21)13-7-5-6-8-14(13)18-17(24)20-10-9-12(11-20)16(22)23/h5-8,12H,3-4,9-11H2,1-2H3,(H,18,24)(H,22,23). The number of anilines is 1. The molecule has 1 aliphatic heterocycles. The zero-order valence-electron chi connectivity index (χ0n) is 14.0. The maximum Gasteiger partial charge on any atom is 0.321 e. The number of carboxylic acid groups (broad SMARTS) is 1. The van der Waals surface area contributed by atoms with E-state index >= 15 is 0 Å². The van der Waals surface area contributed by atoms with Crippen molar-refractivity contribution < 1.29 is 19.5 Å². The Kier molecular flexibility index (Phi) is 5.78. The van der Waals surface area contributed by atoms with E-state index in [2.05, 4.69) is 5.32 Å². The molecule has 2 N–H and O–H groups in total. The second kappa shape index (κ2) is 7.81. The summed E-state index contributed by atoms with van der Waals surface area (Å²) in [6, 6.07) is 6.49. The maximum absolute atomic E-state index is 12.6. The van der Waals surface area contributed by atoms with Crippen molar-refractivity contribution in [3.8, 4) is 0 Å². The smallest absolute Gasteiger partial charge is 0.321 e. The van der Waals surface area contributed by atoms with Gasteiger partial charge in [0.05, 0.1) is 17.2 Å². The summed E-state index contributed by atoms with van der Waals surface area (Å²) in [5, 5.41) is 11.8. The summed E-state index contributed by atoms with van der Waals surface area (Å²) < 4.78 is 0. The number of hydrogen-bond donors (Lipinski definition) is 2. The van der Waals surface area contributed by atoms with Gasteiger partial charge in [-0.1, -0.05) is 12.1 Å². The summed E-state index contributed by atoms with van der Waals surface area (Å²) in [7, 11) is 0. The van der Waals surface area contributed by atoms with Crippen LogP contribution in [-0.4, -0.2) is 59.0 Å². The van der Waals surface area contributed by atoms with Gasteiger partial charge in [-0.3, -0.25) is 9.59 Å². The highest BCUT2D eigenvalue weighted by Gasteiger charge is 2.31. The third-order valence-electron chi connectivity index (χ3n) is 4.27. The van der Waals surface area contributed by atoms with Gasteiger partial charge in [0.25, 0.3) is 5.91 Å². The van der Waals surface area contributed by atoms with Gasteiger partial charge in [0.15, 0.2) is 0 Å². The second-order valence-corrected chi connectivity index (χ2v) is 5.72. The lowest BCUT2D eigenvalue weighted by molar-refractivity contribution is -0.141. The van der Waals surface area contributed by atoms with E-state index in [0.717, 1.165) is 0 Å². The highest BCUT2D eigenvalue weighted by atomic mass is 16.4. The third kappa shape index (κ3) is 3.84. The summed E-state index contributed by atoms with van der Waals surface area (Å²) in [5.74, 6) is -1.55. The fourth-order valence-electron chi connectivity index (χ4n) is 2.80. The molecule has 1 atom stereocenters. The highest BCUT2D eigenvalue weighted by molar-refractivity contribution is 6.03. The number of urea groups is 1. The van der Waals surface area contributed by atoms with Crippen molar-refractivity contribution in [2.45, 2.75) is 20.3 Å². The third-order valence-corrected chi connectivity index (χ3v) is 4.27. The first-order valence-electron chi connectivity index (χ1n) is 8.14. The number of hydrogen-bond acceptors (Lipinski definition) is 3. The van der Waals surface area contributed by atoms with Crippen LogP contribution in [0.25, 0.3) is 0 Å². The average Bonchev–Trinajstić information content (AvgIpc) is 3.07. The van der Waals surface area contributed by atoms with Gasteiger partial charge >= 0.3 is 12.0 Å². The van der Waals surface area contributed by atoms with Crippen LogP contribution in [0.5, 0.6) is 0 Å². The van der Waals surface area contributed by atoms with Crippen LogP contribution in [-0.2, 0) is 4.79 Å². The lowest BCUT2D eigenvalue weighted by Crippen LogP contribution is -2.35. The summed E-state index contributed by atoms with van der Waals surface area (Å²) in [4.78, 5) is 39.1. The van der Waals surface area contributed by atoms with Crippen molar-refractivity contribution in [3.63, 3.8) is 0 Å². The number of aliphatic carboxylic acids is 1. The number of nitrogens with one attached hydrogen (secondary N) is 1. The normalized spacial score (nSPS) is 16.8. The molecule has 1 aliphatic rings. The molecule has 1 heterocycles. The number of benzene rings is 1. The Bertz CT molecular complexity index is 628. The Balaban J connectivity index is 2.12. The number of carbonyl (C=O) groups excluding carboxylic acids is 2. The molecule has 1 fully saturated rings. The molecule has 1 aromatic carbocycles. The molecular weight excluding hydrogens is 310 g/mol. The molecule has 0 aromatic heterocycles. The van der Waals surface area contributed by atoms with Crippen LogP contribution in [0.15, 0.2) is 24.3 Å². The van der Waals surface area contributed by atoms with E-state index in [4.69, 9.17) is 5.11 Å². The van der Waals surface area contributed by atoms with Gasteiger partial charge in [-0.25, -0.2) is 4.79 Å². The quantitative estimate of drug-likeness (QED) is 0.863. The van der Waals surface area contributed by atoms with Crippen molar-refractivity contribution in [1.29, 1.82) is 0 Å². The maximum atomic E-state index is 12.6. The van der Waals surface area contributed by atoms with E-state index in [9.17, 15) is 14.4 Å². The summed E-state index contributed by atoms with van der Waals surface area (Å²) >= 11 is 0. The van der Waals surface area contributed by atoms with E-state index in [0.29, 0.717) is 37.3 Å². The molecule has 0 spiro atoms. The number of para-hydroxylation sites is 1. The highest BCUT2D eigenvalue weighted by Crippen LogP contribution is 2.21. The molecule has 7 heteroatoms. The van der Waals surface area contributed by atoms with Crippen LogP contribution in [0.2, 0.25) is 0 Å². The van der Waals surface area contributed by atoms with Crippen LogP contribution < -0.4 is 5.32 Å². The summed E-state index contributed by atoms with van der Waals surface area (Å²) in [6.45, 7) is 5.56. The van der Waals surface area contributed by atoms with Gasteiger partial charge < -0.3 is 20.2 Å². The van der Waals surface area contributed by atoms with E-state index in [1.165, 1.54) is 4.90 Å². The molecule has 3 amide bonds. The molecule has 0 aliphatic carbocycles. The van der Waals surface area contributed by atoms with E-state index < -0.39 is 11.9 Å². The van der Waals surface area contributed by atoms with E-state index in [1.54, 1.807) is 29.2 Å². The van der Waals surface area contributed by atoms with Crippen LogP contribution in [0.3, 0.4) is 0 Å². The van der Waals surface area contributed by atoms with Crippen LogP contribution in [0.1, 0.15) is 30.6 Å². The first-order chi connectivity index (χ1) is 11.5. The molecule has 0 saturated carbocycles. The Morgan fingerprint density at radius 1 is 1.25 bits per heavy atom. The minimum Gasteiger partial charge on any atom is -0.481 e. The Hall–Kier alpha value is -2.57. The molecule has 0 bridgehead atoms. The molecule has 130 valence electrons. The molecule has 1 aromatic rings. The predicted molar refractivity (Wildman–Crippen MR) is 90.0 cm³/mol. The number of likely N-dealkylation sites (tertiary alicyclic amines) is 1. The van der Waals surface area contributed by atoms with E-state index in [1.807, 2.05) is 13.8 Å². The zero-order valence-corrected chi connectivity index (χ0v) is 14.0. The molecule has 24 heavy (non-hydrogen) atoms. The Morgan fingerprint density at radius 3 is 2.50 bits per heavy atom. The second-order valence-electron chi connectivity index (χ2n) is 5.72. The molecule has 1 saturated heterocycles. The molecular formula is C17H23N3O4. The van der Waals surface area contributed by atoms with Crippen molar-refractivity contribution in [1.82, 2.24) is 9.80 Å². The topological polar surface area (TPSA) is 90.0 Å². The molecule has 2 rings (SSSR count). The van der Waals surface area contributed by atoms with Gasteiger partial charge in [0.2, 0.25) is 0 Å². The van der Waals surface area contributed by atoms with Crippen molar-refractivity contribution in [2.24, 2.45) is 5.92 Å². The number of rotatable bonds is 5. The van der Waals surface area contributed by atoms with Crippen LogP contribution in [0.4, 0.5) is 10.5 Å². The number of carbonyl (C=O) groups is 3. The fraction of sp³-hybridized carbons (Fsp3) is 0.471. The Morgan fingerprint density at radius 2 is 1.92 bits per heavy atom. The zero-order chi connectivity index (χ0) is 17.7. The van der Waals surface area contributed by atoms with Crippen molar-refractivity contribution in [3.05, 3.63) is 29.8 Å². The Labute approximate surface area is 141 Å². The van der Waals surface area contributed by atoms with Gasteiger partial charge in [0.1, 0.15) is 0 Å². The summed E-state index contributed by atoms with van der Waals surface area (Å²) in [6.07, 6.45) is 0.447. The largest absolute Gasteiger partial charge is 0.481 e. The molecule has 7 nitrogen and oxygen atoms in total. The van der Waals surface area contributed by atoms with Crippen LogP contribution >= 0.6 is 0 Å². The number of nitrogens with zero attached hydrogens (tertiary/aromatic N) is 2. The van der Waals surface area contributed by atoms with Crippen molar-refractivity contribution >= 4 is 23.6 Å². The van der Waals surface area contributed by atoms with Gasteiger partial charge in [-0.2, -0.15) is 0 Å². The molecule has 1 unspecified atom stereocenters. The monoisotopic (exact) mass is 333 g/mol. The van der Waals surface area contributed by atoms with Crippen LogP contribution in [0, 0.1) is 5.92 Å². The van der Waals surface area contributed by atoms with Gasteiger partial charge in [-0.15, -0.1) is 0 Å². The minimum atomic E-state index is -0.887. The SMILES string of the molecule is CCN(CC)C(=O)c1ccccc1NC(=O)N1CCC(C(=O)O)C1. The predicted octanol–water partition coefficient (Wildman–Crippen LogP) is 2.11. The lowest BCUT2D eigenvalue weighted by Gasteiger charge is -2.22. The van der Waals surface area contributed by atoms with E-state index in [-0.39, 0.29) is 18.5 Å². The molecule has 0 radical (unpaired) electrons. The fourth-order valence-corrected chi connectivity index (χ4v) is 2.80. The van der Waals surface area contributed by atoms with Gasteiger partial charge in [-0.05, 0) is 32.4 Å². The number of carboxylic acids is 1. The first kappa shape index (κ1) is 17.8. The van der Waals surface area contributed by atoms with Gasteiger partial charge in [0, 0.05) is 26.2 Å². The minimum absolute atomic E-state index is 0.138. The average molecular weight is 333 g/mol. The summed E-state index contributed by atoms with van der Waals surface area (Å²) in [5.41, 5.74) is 0.877. The lowest BCUT2D eigenvalue weighted by atomic mass is 10.1.